The number of halogens is 1. The maximum Gasteiger partial charge on any atom is 0.0896 e. The highest BCUT2D eigenvalue weighted by Crippen LogP contribution is 2.49. The predicted octanol–water partition coefficient (Wildman–Crippen LogP) is 5.28. The van der Waals surface area contributed by atoms with Gasteiger partial charge in [0.05, 0.1) is 12.1 Å². The molecule has 4 rings (SSSR count). The van der Waals surface area contributed by atoms with E-state index in [9.17, 15) is 0 Å². The van der Waals surface area contributed by atoms with Gasteiger partial charge in [0.25, 0.3) is 0 Å². The molecule has 2 aromatic rings. The second-order valence-corrected chi connectivity index (χ2v) is 6.80. The number of hydrogen-bond acceptors (Lipinski definition) is 2. The molecule has 2 aliphatic rings. The van der Waals surface area contributed by atoms with Crippen molar-refractivity contribution in [2.75, 3.05) is 11.9 Å². The third kappa shape index (κ3) is 2.41. The lowest BCUT2D eigenvalue weighted by Gasteiger charge is -2.43. The van der Waals surface area contributed by atoms with Crippen molar-refractivity contribution >= 4 is 17.3 Å². The molecular formula is C19H20ClNO. The molecule has 2 heterocycles. The summed E-state index contributed by atoms with van der Waals surface area (Å²) in [5.74, 6) is 0.461. The fourth-order valence-electron chi connectivity index (χ4n) is 3.75. The predicted molar refractivity (Wildman–Crippen MR) is 90.4 cm³/mol. The molecule has 0 aromatic heterocycles. The van der Waals surface area contributed by atoms with Crippen molar-refractivity contribution in [3.05, 3.63) is 64.2 Å². The molecule has 3 atom stereocenters. The Labute approximate surface area is 136 Å². The van der Waals surface area contributed by atoms with Crippen molar-refractivity contribution in [3.63, 3.8) is 0 Å². The Kier molecular flexibility index (Phi) is 3.59. The maximum absolute atomic E-state index is 6.20. The van der Waals surface area contributed by atoms with Gasteiger partial charge in [-0.3, -0.25) is 0 Å². The summed E-state index contributed by atoms with van der Waals surface area (Å²) in [6, 6.07) is 15.2. The van der Waals surface area contributed by atoms with E-state index in [1.165, 1.54) is 23.1 Å². The van der Waals surface area contributed by atoms with E-state index in [4.69, 9.17) is 16.3 Å². The molecule has 22 heavy (non-hydrogen) atoms. The van der Waals surface area contributed by atoms with Crippen LogP contribution in [0.2, 0.25) is 5.02 Å². The maximum atomic E-state index is 6.20. The summed E-state index contributed by atoms with van der Waals surface area (Å²) in [7, 11) is 0. The van der Waals surface area contributed by atoms with Crippen LogP contribution in [0.4, 0.5) is 5.69 Å². The van der Waals surface area contributed by atoms with Crippen molar-refractivity contribution in [3.8, 4) is 0 Å². The molecule has 3 unspecified atom stereocenters. The fraction of sp³-hybridized carbons (Fsp3) is 0.368. The van der Waals surface area contributed by atoms with E-state index in [0.29, 0.717) is 12.0 Å². The molecule has 0 aliphatic carbocycles. The lowest BCUT2D eigenvalue weighted by molar-refractivity contribution is -0.0381. The number of anilines is 1. The smallest absolute Gasteiger partial charge is 0.0896 e. The highest BCUT2D eigenvalue weighted by molar-refractivity contribution is 6.30. The molecule has 0 radical (unpaired) electrons. The normalized spacial score (nSPS) is 26.7. The molecule has 1 N–H and O–H groups in total. The highest BCUT2D eigenvalue weighted by Gasteiger charge is 2.39. The van der Waals surface area contributed by atoms with Crippen LogP contribution in [-0.2, 0) is 4.74 Å². The molecule has 0 saturated carbocycles. The molecular weight excluding hydrogens is 294 g/mol. The van der Waals surface area contributed by atoms with Crippen molar-refractivity contribution in [2.45, 2.75) is 31.9 Å². The lowest BCUT2D eigenvalue weighted by Crippen LogP contribution is -2.35. The summed E-state index contributed by atoms with van der Waals surface area (Å²) in [6.07, 6.45) is 2.46. The van der Waals surface area contributed by atoms with Crippen LogP contribution in [0, 0.1) is 12.8 Å². The van der Waals surface area contributed by atoms with Gasteiger partial charge in [-0.25, -0.2) is 0 Å². The number of rotatable bonds is 1. The van der Waals surface area contributed by atoms with E-state index >= 15 is 0 Å². The van der Waals surface area contributed by atoms with Gasteiger partial charge in [-0.2, -0.15) is 0 Å². The molecule has 0 bridgehead atoms. The third-order valence-electron chi connectivity index (χ3n) is 4.86. The Morgan fingerprint density at radius 3 is 2.77 bits per heavy atom. The van der Waals surface area contributed by atoms with E-state index in [1.54, 1.807) is 0 Å². The average molecular weight is 314 g/mol. The van der Waals surface area contributed by atoms with Crippen LogP contribution in [0.1, 0.15) is 41.7 Å². The van der Waals surface area contributed by atoms with Crippen molar-refractivity contribution in [1.29, 1.82) is 0 Å². The standard InChI is InChI=1S/C19H20ClNO/c1-12-4-6-13(7-5-12)18-15-3-2-10-22-19(15)16-11-14(20)8-9-17(16)21-18/h4-9,11,15,18-19,21H,2-3,10H2,1H3. The first kappa shape index (κ1) is 14.1. The van der Waals surface area contributed by atoms with E-state index in [0.717, 1.165) is 23.7 Å². The molecule has 2 aliphatic heterocycles. The van der Waals surface area contributed by atoms with E-state index < -0.39 is 0 Å². The SMILES string of the molecule is Cc1ccc(C2Nc3ccc(Cl)cc3C3OCCCC23)cc1. The van der Waals surface area contributed by atoms with Crippen LogP contribution in [0.25, 0.3) is 0 Å². The second-order valence-electron chi connectivity index (χ2n) is 6.36. The molecule has 0 amide bonds. The van der Waals surface area contributed by atoms with Gasteiger partial charge in [-0.1, -0.05) is 41.4 Å². The Balaban J connectivity index is 1.77. The van der Waals surface area contributed by atoms with Crippen LogP contribution in [-0.4, -0.2) is 6.61 Å². The van der Waals surface area contributed by atoms with Gasteiger partial charge in [-0.15, -0.1) is 0 Å². The minimum absolute atomic E-state index is 0.148. The molecule has 0 spiro atoms. The van der Waals surface area contributed by atoms with E-state index in [2.05, 4.69) is 48.6 Å². The van der Waals surface area contributed by atoms with Crippen LogP contribution in [0.5, 0.6) is 0 Å². The summed E-state index contributed by atoms with van der Waals surface area (Å²) in [4.78, 5) is 0. The largest absolute Gasteiger partial charge is 0.378 e. The van der Waals surface area contributed by atoms with Crippen LogP contribution < -0.4 is 5.32 Å². The minimum atomic E-state index is 0.148. The first-order valence-electron chi connectivity index (χ1n) is 7.96. The zero-order valence-corrected chi connectivity index (χ0v) is 13.4. The van der Waals surface area contributed by atoms with Crippen LogP contribution in [0.15, 0.2) is 42.5 Å². The van der Waals surface area contributed by atoms with E-state index in [1.807, 2.05) is 6.07 Å². The van der Waals surface area contributed by atoms with E-state index in [-0.39, 0.29) is 6.10 Å². The number of fused-ring (bicyclic) bond motifs is 3. The topological polar surface area (TPSA) is 21.3 Å². The van der Waals surface area contributed by atoms with Gasteiger partial charge in [0.1, 0.15) is 0 Å². The molecule has 2 nitrogen and oxygen atoms in total. The van der Waals surface area contributed by atoms with Gasteiger partial charge in [0.15, 0.2) is 0 Å². The Morgan fingerprint density at radius 1 is 1.14 bits per heavy atom. The van der Waals surface area contributed by atoms with Crippen molar-refractivity contribution in [2.24, 2.45) is 5.92 Å². The summed E-state index contributed by atoms with van der Waals surface area (Å²) >= 11 is 6.20. The summed E-state index contributed by atoms with van der Waals surface area (Å²) in [5, 5.41) is 4.50. The monoisotopic (exact) mass is 313 g/mol. The number of ether oxygens (including phenoxy) is 1. The Morgan fingerprint density at radius 2 is 1.95 bits per heavy atom. The molecule has 3 heteroatoms. The Hall–Kier alpha value is -1.51. The summed E-state index contributed by atoms with van der Waals surface area (Å²) in [5.41, 5.74) is 4.99. The van der Waals surface area contributed by atoms with Gasteiger partial charge >= 0.3 is 0 Å². The zero-order chi connectivity index (χ0) is 15.1. The van der Waals surface area contributed by atoms with Gasteiger partial charge < -0.3 is 10.1 Å². The average Bonchev–Trinajstić information content (AvgIpc) is 2.55. The quantitative estimate of drug-likeness (QED) is 0.773. The summed E-state index contributed by atoms with van der Waals surface area (Å²) < 4.78 is 6.14. The first-order chi connectivity index (χ1) is 10.7. The number of benzene rings is 2. The zero-order valence-electron chi connectivity index (χ0n) is 12.7. The van der Waals surface area contributed by atoms with Gasteiger partial charge in [0, 0.05) is 28.8 Å². The number of hydrogen-bond donors (Lipinski definition) is 1. The first-order valence-corrected chi connectivity index (χ1v) is 8.34. The highest BCUT2D eigenvalue weighted by atomic mass is 35.5. The fourth-order valence-corrected chi connectivity index (χ4v) is 3.93. The number of aryl methyl sites for hydroxylation is 1. The lowest BCUT2D eigenvalue weighted by atomic mass is 9.77. The molecule has 114 valence electrons. The molecule has 2 aromatic carbocycles. The molecule has 1 fully saturated rings. The van der Waals surface area contributed by atoms with Crippen LogP contribution >= 0.6 is 11.6 Å². The van der Waals surface area contributed by atoms with Gasteiger partial charge in [-0.05, 0) is 43.5 Å². The number of nitrogens with one attached hydrogen (secondary N) is 1. The molecule has 1 saturated heterocycles. The minimum Gasteiger partial charge on any atom is -0.378 e. The van der Waals surface area contributed by atoms with Crippen LogP contribution in [0.3, 0.4) is 0 Å². The third-order valence-corrected chi connectivity index (χ3v) is 5.10. The summed E-state index contributed by atoms with van der Waals surface area (Å²) in [6.45, 7) is 2.97. The van der Waals surface area contributed by atoms with Gasteiger partial charge in [0.2, 0.25) is 0 Å². The van der Waals surface area contributed by atoms with Crippen molar-refractivity contribution < 1.29 is 4.74 Å². The van der Waals surface area contributed by atoms with Crippen molar-refractivity contribution in [1.82, 2.24) is 0 Å². The second kappa shape index (κ2) is 5.60. The Bertz CT molecular complexity index is 682.